The van der Waals surface area contributed by atoms with Gasteiger partial charge in [0.25, 0.3) is 0 Å². The molecule has 1 atom stereocenters. The number of thioether (sulfide) groups is 1. The second-order valence-electron chi connectivity index (χ2n) is 7.26. The second-order valence-corrected chi connectivity index (χ2v) is 8.25. The number of piperidine rings is 1. The molecule has 2 heterocycles. The van der Waals surface area contributed by atoms with Gasteiger partial charge in [0.15, 0.2) is 0 Å². The summed E-state index contributed by atoms with van der Waals surface area (Å²) < 4.78 is 9.96. The molecule has 2 fully saturated rings. The number of hydrogen-bond donors (Lipinski definition) is 1. The van der Waals surface area contributed by atoms with Crippen molar-refractivity contribution in [3.8, 4) is 0 Å². The zero-order valence-corrected chi connectivity index (χ0v) is 16.8. The third-order valence-electron chi connectivity index (χ3n) is 4.91. The van der Waals surface area contributed by atoms with Crippen LogP contribution in [-0.2, 0) is 14.3 Å². The third kappa shape index (κ3) is 4.75. The Kier molecular flexibility index (Phi) is 7.02. The number of nitrogens with zero attached hydrogens (tertiary/aromatic N) is 2. The highest BCUT2D eigenvalue weighted by atomic mass is 32.2. The second kappa shape index (κ2) is 8.83. The first-order chi connectivity index (χ1) is 12.3. The van der Waals surface area contributed by atoms with Gasteiger partial charge in [-0.3, -0.25) is 4.90 Å². The van der Waals surface area contributed by atoms with Crippen LogP contribution in [0.2, 0.25) is 0 Å². The van der Waals surface area contributed by atoms with Crippen LogP contribution in [0.15, 0.2) is 0 Å². The SMILES string of the molecule is COC(=O)[C@H](CCSC)NC(=O)N1CCC(N2C(=O)OCC2(C)C)CC1. The summed E-state index contributed by atoms with van der Waals surface area (Å²) in [5, 5.41) is 2.78. The zero-order valence-electron chi connectivity index (χ0n) is 15.9. The Balaban J connectivity index is 1.89. The van der Waals surface area contributed by atoms with E-state index in [1.165, 1.54) is 7.11 Å². The van der Waals surface area contributed by atoms with Crippen LogP contribution < -0.4 is 5.32 Å². The molecule has 9 heteroatoms. The van der Waals surface area contributed by atoms with Gasteiger partial charge in [0.2, 0.25) is 0 Å². The Morgan fingerprint density at radius 3 is 2.54 bits per heavy atom. The van der Waals surface area contributed by atoms with E-state index in [9.17, 15) is 14.4 Å². The number of urea groups is 1. The maximum Gasteiger partial charge on any atom is 0.410 e. The van der Waals surface area contributed by atoms with Crippen molar-refractivity contribution in [3.63, 3.8) is 0 Å². The van der Waals surface area contributed by atoms with Crippen molar-refractivity contribution in [2.75, 3.05) is 38.8 Å². The van der Waals surface area contributed by atoms with Crippen LogP contribution >= 0.6 is 11.8 Å². The van der Waals surface area contributed by atoms with E-state index in [-0.39, 0.29) is 23.7 Å². The highest BCUT2D eigenvalue weighted by Crippen LogP contribution is 2.30. The lowest BCUT2D eigenvalue weighted by Gasteiger charge is -2.40. The van der Waals surface area contributed by atoms with Crippen LogP contribution in [0.4, 0.5) is 9.59 Å². The molecule has 148 valence electrons. The molecule has 0 aromatic carbocycles. The number of esters is 1. The topological polar surface area (TPSA) is 88.2 Å². The van der Waals surface area contributed by atoms with E-state index in [0.29, 0.717) is 39.0 Å². The minimum absolute atomic E-state index is 0.0666. The van der Waals surface area contributed by atoms with Crippen LogP contribution in [0.3, 0.4) is 0 Å². The van der Waals surface area contributed by atoms with Gasteiger partial charge in [-0.15, -0.1) is 0 Å². The van der Waals surface area contributed by atoms with E-state index in [1.54, 1.807) is 21.6 Å². The molecule has 2 saturated heterocycles. The van der Waals surface area contributed by atoms with E-state index in [2.05, 4.69) is 5.32 Å². The van der Waals surface area contributed by atoms with E-state index >= 15 is 0 Å². The molecule has 2 aliphatic heterocycles. The van der Waals surface area contributed by atoms with Gasteiger partial charge in [-0.2, -0.15) is 11.8 Å². The largest absolute Gasteiger partial charge is 0.467 e. The van der Waals surface area contributed by atoms with Crippen molar-refractivity contribution in [1.82, 2.24) is 15.1 Å². The molecule has 26 heavy (non-hydrogen) atoms. The number of ether oxygens (including phenoxy) is 2. The average Bonchev–Trinajstić information content (AvgIpc) is 2.90. The lowest BCUT2D eigenvalue weighted by atomic mass is 9.97. The number of cyclic esters (lactones) is 1. The molecule has 1 N–H and O–H groups in total. The first-order valence-electron chi connectivity index (χ1n) is 8.88. The molecule has 0 bridgehead atoms. The number of nitrogens with one attached hydrogen (secondary N) is 1. The van der Waals surface area contributed by atoms with Gasteiger partial charge in [-0.05, 0) is 45.1 Å². The van der Waals surface area contributed by atoms with Crippen LogP contribution in [0.1, 0.15) is 33.1 Å². The van der Waals surface area contributed by atoms with Gasteiger partial charge in [-0.1, -0.05) is 0 Å². The number of carbonyl (C=O) groups is 3. The van der Waals surface area contributed by atoms with Gasteiger partial charge in [0.05, 0.1) is 12.6 Å². The van der Waals surface area contributed by atoms with E-state index in [0.717, 1.165) is 5.75 Å². The molecule has 0 radical (unpaired) electrons. The van der Waals surface area contributed by atoms with Gasteiger partial charge < -0.3 is 19.7 Å². The summed E-state index contributed by atoms with van der Waals surface area (Å²) in [6.45, 7) is 5.44. The van der Waals surface area contributed by atoms with Crippen molar-refractivity contribution in [3.05, 3.63) is 0 Å². The fraction of sp³-hybridized carbons (Fsp3) is 0.824. The number of likely N-dealkylation sites (tertiary alicyclic amines) is 1. The zero-order chi connectivity index (χ0) is 19.3. The van der Waals surface area contributed by atoms with Crippen molar-refractivity contribution < 1.29 is 23.9 Å². The predicted octanol–water partition coefficient (Wildman–Crippen LogP) is 1.69. The van der Waals surface area contributed by atoms with Crippen molar-refractivity contribution in [2.24, 2.45) is 0 Å². The summed E-state index contributed by atoms with van der Waals surface area (Å²) in [6, 6.07) is -0.828. The third-order valence-corrected chi connectivity index (χ3v) is 5.55. The molecule has 2 aliphatic rings. The van der Waals surface area contributed by atoms with Gasteiger partial charge >= 0.3 is 18.1 Å². The number of hydrogen-bond acceptors (Lipinski definition) is 6. The van der Waals surface area contributed by atoms with Gasteiger partial charge in [-0.25, -0.2) is 14.4 Å². The summed E-state index contributed by atoms with van der Waals surface area (Å²) in [7, 11) is 1.32. The molecule has 0 aromatic rings. The van der Waals surface area contributed by atoms with Crippen LogP contribution in [0.25, 0.3) is 0 Å². The monoisotopic (exact) mass is 387 g/mol. The molecular weight excluding hydrogens is 358 g/mol. The smallest absolute Gasteiger partial charge is 0.410 e. The molecule has 0 spiro atoms. The van der Waals surface area contributed by atoms with Crippen molar-refractivity contribution in [1.29, 1.82) is 0 Å². The van der Waals surface area contributed by atoms with E-state index in [4.69, 9.17) is 9.47 Å². The Bertz CT molecular complexity index is 534. The standard InChI is InChI=1S/C17H29N3O5S/c1-17(2)11-25-16(23)20(17)12-5-8-19(9-6-12)15(22)18-13(7-10-26-4)14(21)24-3/h12-13H,5-11H2,1-4H3,(H,18,22)/t13-/m0/s1. The maximum atomic E-state index is 12.5. The Labute approximate surface area is 158 Å². The Morgan fingerprint density at radius 1 is 1.38 bits per heavy atom. The lowest BCUT2D eigenvalue weighted by molar-refractivity contribution is -0.142. The van der Waals surface area contributed by atoms with Crippen LogP contribution in [-0.4, -0.2) is 84.3 Å². The number of methoxy groups -OCH3 is 1. The summed E-state index contributed by atoms with van der Waals surface area (Å²) in [4.78, 5) is 39.9. The molecule has 2 rings (SSSR count). The quantitative estimate of drug-likeness (QED) is 0.698. The van der Waals surface area contributed by atoms with Gasteiger partial charge in [0.1, 0.15) is 12.6 Å². The van der Waals surface area contributed by atoms with Gasteiger partial charge in [0, 0.05) is 19.1 Å². The van der Waals surface area contributed by atoms with Crippen molar-refractivity contribution in [2.45, 2.75) is 50.7 Å². The fourth-order valence-electron chi connectivity index (χ4n) is 3.46. The molecule has 0 aliphatic carbocycles. The van der Waals surface area contributed by atoms with Crippen LogP contribution in [0.5, 0.6) is 0 Å². The summed E-state index contributed by atoms with van der Waals surface area (Å²) >= 11 is 1.61. The molecule has 3 amide bonds. The maximum absolute atomic E-state index is 12.5. The lowest BCUT2D eigenvalue weighted by Crippen LogP contribution is -2.55. The highest BCUT2D eigenvalue weighted by Gasteiger charge is 2.45. The fourth-order valence-corrected chi connectivity index (χ4v) is 3.93. The number of rotatable bonds is 6. The van der Waals surface area contributed by atoms with Crippen molar-refractivity contribution >= 4 is 29.9 Å². The number of carbonyl (C=O) groups excluding carboxylic acids is 3. The van der Waals surface area contributed by atoms with E-state index in [1.807, 2.05) is 20.1 Å². The van der Waals surface area contributed by atoms with Crippen LogP contribution in [0, 0.1) is 0 Å². The minimum atomic E-state index is -0.634. The Morgan fingerprint density at radius 2 is 2.04 bits per heavy atom. The molecule has 0 unspecified atom stereocenters. The normalized spacial score (nSPS) is 21.3. The molecule has 0 aromatic heterocycles. The predicted molar refractivity (Wildman–Crippen MR) is 99.2 cm³/mol. The average molecular weight is 388 g/mol. The minimum Gasteiger partial charge on any atom is -0.467 e. The summed E-state index contributed by atoms with van der Waals surface area (Å²) in [5.41, 5.74) is -0.319. The highest BCUT2D eigenvalue weighted by molar-refractivity contribution is 7.98. The summed E-state index contributed by atoms with van der Waals surface area (Å²) in [6.07, 6.45) is 3.59. The molecule has 0 saturated carbocycles. The number of amides is 3. The molecular formula is C17H29N3O5S. The Hall–Kier alpha value is -1.64. The van der Waals surface area contributed by atoms with E-state index < -0.39 is 12.0 Å². The molecule has 8 nitrogen and oxygen atoms in total. The first-order valence-corrected chi connectivity index (χ1v) is 10.3. The first kappa shape index (κ1) is 20.7. The summed E-state index contributed by atoms with van der Waals surface area (Å²) in [5.74, 6) is 0.331.